The van der Waals surface area contributed by atoms with Gasteiger partial charge in [0.25, 0.3) is 0 Å². The highest BCUT2D eigenvalue weighted by Crippen LogP contribution is 2.48. The number of aryl methyl sites for hydroxylation is 4. The van der Waals surface area contributed by atoms with Gasteiger partial charge in [-0.05, 0) is 70.7 Å². The maximum absolute atomic E-state index is 3.78. The van der Waals surface area contributed by atoms with Crippen molar-refractivity contribution in [3.05, 3.63) is 67.6 Å². The molecule has 0 aliphatic rings. The third kappa shape index (κ3) is 3.47. The third-order valence-electron chi connectivity index (χ3n) is 3.76. The van der Waals surface area contributed by atoms with Crippen molar-refractivity contribution in [3.8, 4) is 20.9 Å². The number of halogens is 2. The summed E-state index contributed by atoms with van der Waals surface area (Å²) in [4.78, 5) is 2.55. The van der Waals surface area contributed by atoms with Crippen LogP contribution in [0.2, 0.25) is 0 Å². The van der Waals surface area contributed by atoms with Crippen molar-refractivity contribution in [2.75, 3.05) is 0 Å². The molecule has 3 aromatic rings. The second-order valence-corrected chi connectivity index (χ2v) is 8.75. The van der Waals surface area contributed by atoms with Gasteiger partial charge in [0.15, 0.2) is 0 Å². The molecule has 118 valence electrons. The minimum absolute atomic E-state index is 1.14. The van der Waals surface area contributed by atoms with Crippen LogP contribution in [-0.2, 0) is 0 Å². The van der Waals surface area contributed by atoms with E-state index < -0.39 is 0 Å². The lowest BCUT2D eigenvalue weighted by atomic mass is 10.1. The largest absolute Gasteiger partial charge is 0.133 e. The van der Waals surface area contributed by atoms with Crippen molar-refractivity contribution in [2.45, 2.75) is 27.7 Å². The maximum Gasteiger partial charge on any atom is 0.0510 e. The molecule has 2 aromatic carbocycles. The molecule has 0 bridgehead atoms. The first-order valence-corrected chi connectivity index (χ1v) is 9.90. The molecule has 0 N–H and O–H groups in total. The monoisotopic (exact) mass is 448 g/mol. The second-order valence-electron chi connectivity index (χ2n) is 6.14. The quantitative estimate of drug-likeness (QED) is 0.373. The lowest BCUT2D eigenvalue weighted by molar-refractivity contribution is 1.39. The van der Waals surface area contributed by atoms with Crippen LogP contribution in [0.5, 0.6) is 0 Å². The Morgan fingerprint density at radius 2 is 0.870 bits per heavy atom. The summed E-state index contributed by atoms with van der Waals surface area (Å²) in [5, 5.41) is 0. The van der Waals surface area contributed by atoms with Crippen molar-refractivity contribution in [3.63, 3.8) is 0 Å². The molecule has 0 unspecified atom stereocenters. The predicted octanol–water partition coefficient (Wildman–Crippen LogP) is 7.84. The summed E-state index contributed by atoms with van der Waals surface area (Å²) in [5.74, 6) is 0. The summed E-state index contributed by atoms with van der Waals surface area (Å²) >= 11 is 9.40. The standard InChI is InChI=1S/C20H18Br2S/c1-11-5-12(2)8-15(7-11)19-17(21)18(22)20(23-19)16-9-13(3)6-14(4)10-16/h5-10H,1-4H3. The fourth-order valence-electron chi connectivity index (χ4n) is 2.97. The highest BCUT2D eigenvalue weighted by Gasteiger charge is 2.17. The zero-order valence-corrected chi connectivity index (χ0v) is 17.6. The van der Waals surface area contributed by atoms with Gasteiger partial charge in [0.2, 0.25) is 0 Å². The van der Waals surface area contributed by atoms with E-state index in [9.17, 15) is 0 Å². The first kappa shape index (κ1) is 16.9. The van der Waals surface area contributed by atoms with Crippen LogP contribution < -0.4 is 0 Å². The lowest BCUT2D eigenvalue weighted by Gasteiger charge is -2.04. The number of hydrogen-bond acceptors (Lipinski definition) is 1. The van der Waals surface area contributed by atoms with Gasteiger partial charge in [-0.2, -0.15) is 0 Å². The van der Waals surface area contributed by atoms with Crippen LogP contribution in [0, 0.1) is 27.7 Å². The van der Waals surface area contributed by atoms with Crippen LogP contribution in [0.4, 0.5) is 0 Å². The van der Waals surface area contributed by atoms with Crippen molar-refractivity contribution < 1.29 is 0 Å². The highest BCUT2D eigenvalue weighted by molar-refractivity contribution is 9.13. The Morgan fingerprint density at radius 1 is 0.565 bits per heavy atom. The van der Waals surface area contributed by atoms with Crippen molar-refractivity contribution >= 4 is 43.2 Å². The first-order valence-electron chi connectivity index (χ1n) is 7.50. The summed E-state index contributed by atoms with van der Waals surface area (Å²) < 4.78 is 2.28. The van der Waals surface area contributed by atoms with Gasteiger partial charge in [-0.3, -0.25) is 0 Å². The van der Waals surface area contributed by atoms with E-state index in [1.807, 2.05) is 11.3 Å². The molecule has 0 nitrogen and oxygen atoms in total. The van der Waals surface area contributed by atoms with Crippen molar-refractivity contribution in [1.29, 1.82) is 0 Å². The Labute approximate surface area is 158 Å². The predicted molar refractivity (Wildman–Crippen MR) is 110 cm³/mol. The Morgan fingerprint density at radius 3 is 1.17 bits per heavy atom. The molecule has 0 spiro atoms. The molecule has 1 aromatic heterocycles. The van der Waals surface area contributed by atoms with E-state index in [1.165, 1.54) is 43.1 Å². The summed E-state index contributed by atoms with van der Waals surface area (Å²) in [5.41, 5.74) is 7.73. The number of hydrogen-bond donors (Lipinski definition) is 0. The van der Waals surface area contributed by atoms with Gasteiger partial charge in [-0.1, -0.05) is 58.7 Å². The average Bonchev–Trinajstić information content (AvgIpc) is 2.73. The summed E-state index contributed by atoms with van der Waals surface area (Å²) in [6.07, 6.45) is 0. The maximum atomic E-state index is 3.78. The van der Waals surface area contributed by atoms with Crippen LogP contribution in [0.25, 0.3) is 20.9 Å². The normalized spacial score (nSPS) is 11.0. The van der Waals surface area contributed by atoms with Gasteiger partial charge in [0.05, 0.1) is 18.7 Å². The van der Waals surface area contributed by atoms with E-state index in [0.29, 0.717) is 0 Å². The first-order chi connectivity index (χ1) is 10.8. The average molecular weight is 450 g/mol. The topological polar surface area (TPSA) is 0 Å². The van der Waals surface area contributed by atoms with Crippen molar-refractivity contribution in [2.24, 2.45) is 0 Å². The third-order valence-corrected chi connectivity index (χ3v) is 7.69. The van der Waals surface area contributed by atoms with E-state index in [4.69, 9.17) is 0 Å². The van der Waals surface area contributed by atoms with E-state index in [2.05, 4.69) is 96.0 Å². The molecule has 1 heterocycles. The Hall–Kier alpha value is -0.900. The van der Waals surface area contributed by atoms with Gasteiger partial charge in [0, 0.05) is 0 Å². The molecule has 0 amide bonds. The van der Waals surface area contributed by atoms with E-state index >= 15 is 0 Å². The molecule has 3 heteroatoms. The van der Waals surface area contributed by atoms with E-state index in [-0.39, 0.29) is 0 Å². The van der Waals surface area contributed by atoms with Gasteiger partial charge in [-0.15, -0.1) is 11.3 Å². The minimum atomic E-state index is 1.14. The summed E-state index contributed by atoms with van der Waals surface area (Å²) in [7, 11) is 0. The van der Waals surface area contributed by atoms with E-state index in [0.717, 1.165) is 8.95 Å². The number of thiophene rings is 1. The van der Waals surface area contributed by atoms with Crippen LogP contribution in [0.15, 0.2) is 45.3 Å². The van der Waals surface area contributed by atoms with Crippen LogP contribution in [-0.4, -0.2) is 0 Å². The Kier molecular flexibility index (Phi) is 4.82. The smallest absolute Gasteiger partial charge is 0.0510 e. The zero-order chi connectivity index (χ0) is 16.7. The van der Waals surface area contributed by atoms with Gasteiger partial charge >= 0.3 is 0 Å². The fraction of sp³-hybridized carbons (Fsp3) is 0.200. The molecule has 0 saturated carbocycles. The van der Waals surface area contributed by atoms with Crippen LogP contribution in [0.1, 0.15) is 22.3 Å². The Balaban J connectivity index is 2.19. The molecule has 23 heavy (non-hydrogen) atoms. The van der Waals surface area contributed by atoms with E-state index in [1.54, 1.807) is 0 Å². The van der Waals surface area contributed by atoms with Crippen LogP contribution in [0.3, 0.4) is 0 Å². The molecule has 0 saturated heterocycles. The molecule has 0 aliphatic heterocycles. The van der Waals surface area contributed by atoms with Crippen molar-refractivity contribution in [1.82, 2.24) is 0 Å². The number of rotatable bonds is 2. The highest BCUT2D eigenvalue weighted by atomic mass is 79.9. The molecule has 3 rings (SSSR count). The SMILES string of the molecule is Cc1cc(C)cc(-c2sc(-c3cc(C)cc(C)c3)c(Br)c2Br)c1. The zero-order valence-electron chi connectivity index (χ0n) is 13.6. The van der Waals surface area contributed by atoms with Gasteiger partial charge in [0.1, 0.15) is 0 Å². The van der Waals surface area contributed by atoms with Gasteiger partial charge < -0.3 is 0 Å². The molecule has 0 atom stereocenters. The molecule has 0 aliphatic carbocycles. The summed E-state index contributed by atoms with van der Waals surface area (Å²) in [6, 6.07) is 13.4. The molecule has 0 fully saturated rings. The molecular formula is C20H18Br2S. The fourth-order valence-corrected chi connectivity index (χ4v) is 5.64. The number of benzene rings is 2. The van der Waals surface area contributed by atoms with Gasteiger partial charge in [-0.25, -0.2) is 0 Å². The minimum Gasteiger partial charge on any atom is -0.133 e. The second kappa shape index (κ2) is 6.54. The Bertz CT molecular complexity index is 778. The van der Waals surface area contributed by atoms with Crippen LogP contribution >= 0.6 is 43.2 Å². The lowest BCUT2D eigenvalue weighted by Crippen LogP contribution is -1.80. The summed E-state index contributed by atoms with van der Waals surface area (Å²) in [6.45, 7) is 8.60. The molecule has 0 radical (unpaired) electrons. The molecular weight excluding hydrogens is 432 g/mol.